The van der Waals surface area contributed by atoms with Crippen molar-refractivity contribution in [3.8, 4) is 5.75 Å². The van der Waals surface area contributed by atoms with Crippen LogP contribution in [0, 0.1) is 5.82 Å². The molecule has 1 rings (SSSR count). The van der Waals surface area contributed by atoms with Gasteiger partial charge in [-0.3, -0.25) is 4.79 Å². The van der Waals surface area contributed by atoms with Crippen LogP contribution in [0.4, 0.5) is 4.39 Å². The molecule has 0 aliphatic carbocycles. The number of halogens is 2. The molecular weight excluding hydrogens is 283 g/mol. The maximum absolute atomic E-state index is 13.3. The van der Waals surface area contributed by atoms with Gasteiger partial charge in [-0.25, -0.2) is 4.39 Å². The maximum atomic E-state index is 13.3. The summed E-state index contributed by atoms with van der Waals surface area (Å²) in [6.45, 7) is 3.97. The Morgan fingerprint density at radius 1 is 1.40 bits per heavy atom. The lowest BCUT2D eigenvalue weighted by Crippen LogP contribution is -2.34. The lowest BCUT2D eigenvalue weighted by Gasteiger charge is -2.16. The number of carbonyl (C=O) groups excluding carboxylic acids is 1. The molecule has 0 aliphatic heterocycles. The summed E-state index contributed by atoms with van der Waals surface area (Å²) in [7, 11) is 0. The highest BCUT2D eigenvalue weighted by Gasteiger charge is 2.10. The summed E-state index contributed by atoms with van der Waals surface area (Å²) in [4.78, 5) is 11.5. The van der Waals surface area contributed by atoms with Gasteiger partial charge in [0.15, 0.2) is 11.6 Å². The Morgan fingerprint density at radius 3 is 2.65 bits per heavy atom. The van der Waals surface area contributed by atoms with Gasteiger partial charge in [0.25, 0.3) is 0 Å². The summed E-state index contributed by atoms with van der Waals surface area (Å²) in [5, 5.41) is 2.74. The Bertz CT molecular complexity index is 416. The Labute approximate surface area is 125 Å². The second kappa shape index (κ2) is 9.55. The van der Waals surface area contributed by atoms with E-state index >= 15 is 0 Å². The van der Waals surface area contributed by atoms with Crippen molar-refractivity contribution in [1.29, 1.82) is 0 Å². The van der Waals surface area contributed by atoms with E-state index in [-0.39, 0.29) is 36.2 Å². The highest BCUT2D eigenvalue weighted by Crippen LogP contribution is 2.16. The molecule has 1 amide bonds. The molecule has 4 nitrogen and oxygen atoms in total. The molecule has 0 aliphatic rings. The summed E-state index contributed by atoms with van der Waals surface area (Å²) in [6.07, 6.45) is 0.745. The zero-order valence-electron chi connectivity index (χ0n) is 11.8. The minimum absolute atomic E-state index is 0. The van der Waals surface area contributed by atoms with Gasteiger partial charge in [-0.2, -0.15) is 0 Å². The number of hydrogen-bond acceptors (Lipinski definition) is 3. The quantitative estimate of drug-likeness (QED) is 0.812. The van der Waals surface area contributed by atoms with Crippen molar-refractivity contribution in [3.05, 3.63) is 30.1 Å². The van der Waals surface area contributed by atoms with E-state index in [0.29, 0.717) is 19.4 Å². The number of nitrogens with two attached hydrogens (primary N) is 1. The van der Waals surface area contributed by atoms with Crippen LogP contribution in [0.5, 0.6) is 5.75 Å². The van der Waals surface area contributed by atoms with Gasteiger partial charge in [0.05, 0.1) is 6.54 Å². The van der Waals surface area contributed by atoms with E-state index in [4.69, 9.17) is 10.5 Å². The SMILES string of the molecule is CC(N)CCC(=O)NCC(C)Oc1ccccc1F.Cl. The topological polar surface area (TPSA) is 64.4 Å². The molecule has 0 spiro atoms. The highest BCUT2D eigenvalue weighted by atomic mass is 35.5. The van der Waals surface area contributed by atoms with Gasteiger partial charge in [0.2, 0.25) is 5.91 Å². The van der Waals surface area contributed by atoms with E-state index < -0.39 is 5.82 Å². The Hall–Kier alpha value is -1.33. The zero-order chi connectivity index (χ0) is 14.3. The number of rotatable bonds is 7. The lowest BCUT2D eigenvalue weighted by atomic mass is 10.2. The smallest absolute Gasteiger partial charge is 0.220 e. The van der Waals surface area contributed by atoms with Crippen molar-refractivity contribution >= 4 is 18.3 Å². The first kappa shape index (κ1) is 18.7. The third-order valence-electron chi connectivity index (χ3n) is 2.58. The van der Waals surface area contributed by atoms with Crippen molar-refractivity contribution in [2.75, 3.05) is 6.54 Å². The van der Waals surface area contributed by atoms with Crippen LogP contribution >= 0.6 is 12.4 Å². The van der Waals surface area contributed by atoms with Crippen LogP contribution in [-0.4, -0.2) is 24.6 Å². The molecule has 2 unspecified atom stereocenters. The van der Waals surface area contributed by atoms with Crippen LogP contribution in [-0.2, 0) is 4.79 Å². The Kier molecular flexibility index (Phi) is 8.92. The predicted molar refractivity (Wildman–Crippen MR) is 79.6 cm³/mol. The number of ether oxygens (including phenoxy) is 1. The summed E-state index contributed by atoms with van der Waals surface area (Å²) < 4.78 is 18.7. The third-order valence-corrected chi connectivity index (χ3v) is 2.58. The van der Waals surface area contributed by atoms with Crippen LogP contribution in [0.1, 0.15) is 26.7 Å². The van der Waals surface area contributed by atoms with Gasteiger partial charge in [0, 0.05) is 12.5 Å². The fourth-order valence-electron chi connectivity index (χ4n) is 1.50. The minimum atomic E-state index is -0.405. The molecular formula is C14H22ClFN2O2. The van der Waals surface area contributed by atoms with Crippen LogP contribution in [0.2, 0.25) is 0 Å². The van der Waals surface area contributed by atoms with Crippen LogP contribution in [0.25, 0.3) is 0 Å². The standard InChI is InChI=1S/C14H21FN2O2.ClH/c1-10(16)7-8-14(18)17-9-11(2)19-13-6-4-3-5-12(13)15;/h3-6,10-11H,7-9,16H2,1-2H3,(H,17,18);1H. The van der Waals surface area contributed by atoms with Crippen LogP contribution in [0.15, 0.2) is 24.3 Å². The molecule has 0 bridgehead atoms. The fraction of sp³-hybridized carbons (Fsp3) is 0.500. The first-order valence-electron chi connectivity index (χ1n) is 6.42. The molecule has 0 saturated heterocycles. The fourth-order valence-corrected chi connectivity index (χ4v) is 1.50. The Balaban J connectivity index is 0.00000361. The van der Waals surface area contributed by atoms with Crippen LogP contribution < -0.4 is 15.8 Å². The van der Waals surface area contributed by atoms with Crippen molar-refractivity contribution < 1.29 is 13.9 Å². The number of benzene rings is 1. The van der Waals surface area contributed by atoms with Gasteiger partial charge in [-0.05, 0) is 32.4 Å². The average molecular weight is 305 g/mol. The predicted octanol–water partition coefficient (Wildman–Crippen LogP) is 2.26. The van der Waals surface area contributed by atoms with Crippen molar-refractivity contribution in [2.24, 2.45) is 5.73 Å². The van der Waals surface area contributed by atoms with E-state index in [9.17, 15) is 9.18 Å². The van der Waals surface area contributed by atoms with E-state index in [2.05, 4.69) is 5.32 Å². The van der Waals surface area contributed by atoms with Crippen LogP contribution in [0.3, 0.4) is 0 Å². The number of para-hydroxylation sites is 1. The van der Waals surface area contributed by atoms with E-state index in [1.54, 1.807) is 25.1 Å². The number of nitrogens with one attached hydrogen (secondary N) is 1. The molecule has 1 aromatic carbocycles. The molecule has 1 aromatic rings. The lowest BCUT2D eigenvalue weighted by molar-refractivity contribution is -0.121. The van der Waals surface area contributed by atoms with Crippen molar-refractivity contribution in [3.63, 3.8) is 0 Å². The largest absolute Gasteiger partial charge is 0.486 e. The third kappa shape index (κ3) is 7.31. The van der Waals surface area contributed by atoms with Gasteiger partial charge < -0.3 is 15.8 Å². The number of hydrogen-bond donors (Lipinski definition) is 2. The average Bonchev–Trinajstić information content (AvgIpc) is 2.36. The molecule has 0 heterocycles. The summed E-state index contributed by atoms with van der Waals surface area (Å²) in [5.41, 5.74) is 5.57. The second-order valence-corrected chi connectivity index (χ2v) is 4.68. The molecule has 0 saturated carbocycles. The van der Waals surface area contributed by atoms with E-state index in [0.717, 1.165) is 0 Å². The van der Waals surface area contributed by atoms with E-state index in [1.807, 2.05) is 6.92 Å². The normalized spacial score (nSPS) is 13.0. The number of amides is 1. The van der Waals surface area contributed by atoms with Gasteiger partial charge in [-0.15, -0.1) is 12.4 Å². The van der Waals surface area contributed by atoms with Crippen molar-refractivity contribution in [1.82, 2.24) is 5.32 Å². The summed E-state index contributed by atoms with van der Waals surface area (Å²) in [5.74, 6) is -0.279. The van der Waals surface area contributed by atoms with Crippen molar-refractivity contribution in [2.45, 2.75) is 38.8 Å². The first-order chi connectivity index (χ1) is 8.99. The molecule has 2 atom stereocenters. The molecule has 6 heteroatoms. The summed E-state index contributed by atoms with van der Waals surface area (Å²) in [6, 6.07) is 6.21. The van der Waals surface area contributed by atoms with Gasteiger partial charge in [-0.1, -0.05) is 12.1 Å². The first-order valence-corrected chi connectivity index (χ1v) is 6.42. The zero-order valence-corrected chi connectivity index (χ0v) is 12.6. The molecule has 3 N–H and O–H groups in total. The minimum Gasteiger partial charge on any atom is -0.486 e. The number of carbonyl (C=O) groups is 1. The Morgan fingerprint density at radius 2 is 2.05 bits per heavy atom. The second-order valence-electron chi connectivity index (χ2n) is 4.68. The van der Waals surface area contributed by atoms with E-state index in [1.165, 1.54) is 6.07 Å². The molecule has 114 valence electrons. The molecule has 20 heavy (non-hydrogen) atoms. The van der Waals surface area contributed by atoms with Gasteiger partial charge in [0.1, 0.15) is 6.10 Å². The monoisotopic (exact) mass is 304 g/mol. The maximum Gasteiger partial charge on any atom is 0.220 e. The summed E-state index contributed by atoms with van der Waals surface area (Å²) >= 11 is 0. The molecule has 0 aromatic heterocycles. The highest BCUT2D eigenvalue weighted by molar-refractivity contribution is 5.85. The molecule has 0 radical (unpaired) electrons. The molecule has 0 fully saturated rings. The van der Waals surface area contributed by atoms with Gasteiger partial charge >= 0.3 is 0 Å².